The molecule has 0 unspecified atom stereocenters. The van der Waals surface area contributed by atoms with Gasteiger partial charge in [-0.3, -0.25) is 9.78 Å². The van der Waals surface area contributed by atoms with Crippen molar-refractivity contribution in [3.8, 4) is 0 Å². The summed E-state index contributed by atoms with van der Waals surface area (Å²) in [6.45, 7) is 4.92. The van der Waals surface area contributed by atoms with Crippen LogP contribution in [0.15, 0.2) is 24.5 Å². The molecule has 1 saturated heterocycles. The van der Waals surface area contributed by atoms with E-state index in [9.17, 15) is 4.79 Å². The first-order valence-electron chi connectivity index (χ1n) is 9.96. The van der Waals surface area contributed by atoms with Gasteiger partial charge in [0.15, 0.2) is 10.8 Å². The second-order valence-electron chi connectivity index (χ2n) is 8.52. The first-order chi connectivity index (χ1) is 14.3. The van der Waals surface area contributed by atoms with Crippen molar-refractivity contribution in [2.45, 2.75) is 50.5 Å². The largest absolute Gasteiger partial charge is 0.372 e. The van der Waals surface area contributed by atoms with E-state index in [0.717, 1.165) is 36.4 Å². The third kappa shape index (κ3) is 3.25. The summed E-state index contributed by atoms with van der Waals surface area (Å²) >= 11 is 12.5. The number of ether oxygens (including phenoxy) is 1. The van der Waals surface area contributed by atoms with E-state index in [1.807, 2.05) is 0 Å². The Hall–Kier alpha value is -2.22. The van der Waals surface area contributed by atoms with Gasteiger partial charge in [0.2, 0.25) is 5.91 Å². The molecule has 156 valence electrons. The number of carbonyl (C=O) groups is 1. The molecule has 30 heavy (non-hydrogen) atoms. The fraction of sp³-hybridized carbons (Fsp3) is 0.429. The van der Waals surface area contributed by atoms with Crippen LogP contribution < -0.4 is 5.32 Å². The first kappa shape index (κ1) is 19.7. The van der Waals surface area contributed by atoms with Crippen molar-refractivity contribution in [2.75, 3.05) is 11.9 Å². The minimum Gasteiger partial charge on any atom is -0.372 e. The number of carbonyl (C=O) groups excluding carboxylic acids is 1. The van der Waals surface area contributed by atoms with Crippen LogP contribution in [0.1, 0.15) is 62.1 Å². The first-order valence-corrected chi connectivity index (χ1v) is 10.7. The van der Waals surface area contributed by atoms with Crippen LogP contribution in [0.3, 0.4) is 0 Å². The number of rotatable bonds is 3. The van der Waals surface area contributed by atoms with Crippen LogP contribution in [-0.2, 0) is 14.9 Å². The normalized spacial score (nSPS) is 22.4. The predicted octanol–water partition coefficient (Wildman–Crippen LogP) is 4.69. The molecule has 0 bridgehead atoms. The topological polar surface area (TPSA) is 81.4 Å². The molecule has 1 aliphatic heterocycles. The molecule has 1 amide bonds. The lowest BCUT2D eigenvalue weighted by atomic mass is 9.88. The quantitative estimate of drug-likeness (QED) is 0.632. The molecule has 2 atom stereocenters. The lowest BCUT2D eigenvalue weighted by molar-refractivity contribution is -0.117. The highest BCUT2D eigenvalue weighted by molar-refractivity contribution is 6.31. The van der Waals surface area contributed by atoms with Gasteiger partial charge in [-0.2, -0.15) is 5.10 Å². The number of fused-ring (bicyclic) bond motifs is 3. The van der Waals surface area contributed by atoms with E-state index in [2.05, 4.69) is 34.2 Å². The second kappa shape index (κ2) is 7.18. The van der Waals surface area contributed by atoms with Crippen LogP contribution in [-0.4, -0.2) is 32.1 Å². The van der Waals surface area contributed by atoms with Gasteiger partial charge in [-0.1, -0.05) is 37.0 Å². The van der Waals surface area contributed by atoms with Crippen LogP contribution >= 0.6 is 23.2 Å². The van der Waals surface area contributed by atoms with Gasteiger partial charge in [0, 0.05) is 29.8 Å². The van der Waals surface area contributed by atoms with Crippen molar-refractivity contribution in [3.05, 3.63) is 51.7 Å². The Kier molecular flexibility index (Phi) is 4.72. The van der Waals surface area contributed by atoms with Crippen molar-refractivity contribution in [1.82, 2.24) is 19.6 Å². The number of hydrogen-bond donors (Lipinski definition) is 1. The summed E-state index contributed by atoms with van der Waals surface area (Å²) in [6, 6.07) is 3.45. The minimum absolute atomic E-state index is 0.0702. The third-order valence-electron chi connectivity index (χ3n) is 5.90. The fourth-order valence-electron chi connectivity index (χ4n) is 4.58. The van der Waals surface area contributed by atoms with E-state index in [-0.39, 0.29) is 23.3 Å². The lowest BCUT2D eigenvalue weighted by Crippen LogP contribution is -2.21. The highest BCUT2D eigenvalue weighted by atomic mass is 35.5. The molecule has 0 radical (unpaired) electrons. The van der Waals surface area contributed by atoms with E-state index < -0.39 is 0 Å². The molecular weight excluding hydrogens is 425 g/mol. The number of anilines is 1. The van der Waals surface area contributed by atoms with Gasteiger partial charge in [-0.05, 0) is 25.3 Å². The smallest absolute Gasteiger partial charge is 0.232 e. The van der Waals surface area contributed by atoms with E-state index >= 15 is 0 Å². The number of nitrogens with zero attached hydrogens (tertiary/aromatic N) is 4. The maximum Gasteiger partial charge on any atom is 0.232 e. The molecule has 3 aromatic heterocycles. The second-order valence-corrected chi connectivity index (χ2v) is 9.32. The van der Waals surface area contributed by atoms with Gasteiger partial charge in [-0.15, -0.1) is 0 Å². The van der Waals surface area contributed by atoms with E-state index in [4.69, 9.17) is 27.9 Å². The Morgan fingerprint density at radius 1 is 1.27 bits per heavy atom. The summed E-state index contributed by atoms with van der Waals surface area (Å²) in [6.07, 6.45) is 5.87. The van der Waals surface area contributed by atoms with Crippen molar-refractivity contribution in [3.63, 3.8) is 0 Å². The zero-order valence-corrected chi connectivity index (χ0v) is 18.2. The molecular formula is C21H21Cl2N5O2. The summed E-state index contributed by atoms with van der Waals surface area (Å²) in [7, 11) is 0. The molecule has 2 aliphatic rings. The minimum atomic E-state index is -0.355. The van der Waals surface area contributed by atoms with E-state index in [1.165, 1.54) is 0 Å². The van der Waals surface area contributed by atoms with Crippen molar-refractivity contribution >= 4 is 40.4 Å². The maximum absolute atomic E-state index is 13.2. The summed E-state index contributed by atoms with van der Waals surface area (Å²) in [5.41, 5.74) is 3.53. The number of nitrogens with one attached hydrogen (secondary N) is 1. The maximum atomic E-state index is 13.2. The van der Waals surface area contributed by atoms with Crippen molar-refractivity contribution in [2.24, 2.45) is 0 Å². The van der Waals surface area contributed by atoms with Gasteiger partial charge in [0.1, 0.15) is 6.10 Å². The number of amides is 1. The van der Waals surface area contributed by atoms with Crippen LogP contribution in [0, 0.1) is 0 Å². The predicted molar refractivity (Wildman–Crippen MR) is 114 cm³/mol. The van der Waals surface area contributed by atoms with Gasteiger partial charge in [0.05, 0.1) is 34.2 Å². The third-order valence-corrected chi connectivity index (χ3v) is 6.39. The average Bonchev–Trinajstić information content (AvgIpc) is 3.39. The molecule has 0 spiro atoms. The molecule has 1 fully saturated rings. The Bertz CT molecular complexity index is 1150. The van der Waals surface area contributed by atoms with E-state index in [1.54, 1.807) is 29.0 Å². The lowest BCUT2D eigenvalue weighted by Gasteiger charge is -2.19. The SMILES string of the molecule is CC1(C)C[C@@H](C(=O)Nc2cnc([C@@H]3CCCO3)c(Cl)c2)c2cnc3cc(Cl)nn3c21. The van der Waals surface area contributed by atoms with Crippen molar-refractivity contribution < 1.29 is 9.53 Å². The average molecular weight is 446 g/mol. The standard InChI is InChI=1S/C21H21Cl2N5O2/c1-21(2)8-12(13-10-24-17-7-16(23)27-28(17)19(13)21)20(29)26-11-6-14(22)18(25-9-11)15-4-3-5-30-15/h6-7,9-10,12,15H,3-5,8H2,1-2H3,(H,26,29)/t12-,15+/m1/s1. The molecule has 5 rings (SSSR count). The molecule has 0 aromatic carbocycles. The van der Waals surface area contributed by atoms with Gasteiger partial charge >= 0.3 is 0 Å². The summed E-state index contributed by atoms with van der Waals surface area (Å²) in [4.78, 5) is 22.0. The number of aromatic nitrogens is 4. The summed E-state index contributed by atoms with van der Waals surface area (Å²) in [5, 5.41) is 8.21. The number of halogens is 2. The van der Waals surface area contributed by atoms with Gasteiger partial charge in [0.25, 0.3) is 0 Å². The molecule has 1 aliphatic carbocycles. The zero-order valence-electron chi connectivity index (χ0n) is 16.7. The van der Waals surface area contributed by atoms with Crippen LogP contribution in [0.5, 0.6) is 0 Å². The highest BCUT2D eigenvalue weighted by Gasteiger charge is 2.43. The molecule has 7 nitrogen and oxygen atoms in total. The Morgan fingerprint density at radius 3 is 2.83 bits per heavy atom. The van der Waals surface area contributed by atoms with Crippen molar-refractivity contribution in [1.29, 1.82) is 0 Å². The number of pyridine rings is 1. The molecule has 3 aromatic rings. The Labute approximate surface area is 183 Å². The zero-order chi connectivity index (χ0) is 21.0. The highest BCUT2D eigenvalue weighted by Crippen LogP contribution is 2.46. The summed E-state index contributed by atoms with van der Waals surface area (Å²) < 4.78 is 7.41. The van der Waals surface area contributed by atoms with Crippen LogP contribution in [0.4, 0.5) is 5.69 Å². The summed E-state index contributed by atoms with van der Waals surface area (Å²) in [5.74, 6) is -0.476. The Balaban J connectivity index is 1.43. The Morgan fingerprint density at radius 2 is 2.10 bits per heavy atom. The van der Waals surface area contributed by atoms with Gasteiger partial charge < -0.3 is 10.1 Å². The molecule has 0 saturated carbocycles. The van der Waals surface area contributed by atoms with Crippen LogP contribution in [0.2, 0.25) is 10.2 Å². The van der Waals surface area contributed by atoms with E-state index in [0.29, 0.717) is 27.9 Å². The molecule has 4 heterocycles. The van der Waals surface area contributed by atoms with Gasteiger partial charge in [-0.25, -0.2) is 9.50 Å². The monoisotopic (exact) mass is 445 g/mol. The fourth-order valence-corrected chi connectivity index (χ4v) is 5.04. The molecule has 9 heteroatoms. The number of hydrogen-bond acceptors (Lipinski definition) is 5. The van der Waals surface area contributed by atoms with Crippen LogP contribution in [0.25, 0.3) is 5.65 Å². The molecule has 1 N–H and O–H groups in total.